The topological polar surface area (TPSA) is 75.6 Å². The predicted octanol–water partition coefficient (Wildman–Crippen LogP) is 4.16. The minimum Gasteiger partial charge on any atom is -0.493 e. The van der Waals surface area contributed by atoms with Gasteiger partial charge in [-0.15, -0.1) is 0 Å². The molecular formula is C22H23N3O3. The summed E-state index contributed by atoms with van der Waals surface area (Å²) in [6.45, 7) is 4.93. The molecule has 6 heteroatoms. The summed E-state index contributed by atoms with van der Waals surface area (Å²) in [6.07, 6.45) is 2.00. The fourth-order valence-corrected chi connectivity index (χ4v) is 3.37. The van der Waals surface area contributed by atoms with Crippen LogP contribution in [0.1, 0.15) is 36.2 Å². The minimum atomic E-state index is -0.971. The van der Waals surface area contributed by atoms with Gasteiger partial charge in [0.15, 0.2) is 5.82 Å². The number of rotatable bonds is 4. The highest BCUT2D eigenvalue weighted by Crippen LogP contribution is 2.34. The first kappa shape index (κ1) is 18.2. The van der Waals surface area contributed by atoms with Crippen molar-refractivity contribution in [1.82, 2.24) is 9.97 Å². The summed E-state index contributed by atoms with van der Waals surface area (Å²) in [5.74, 6) is 0.705. The third-order valence-corrected chi connectivity index (χ3v) is 5.18. The molecule has 0 spiro atoms. The molecule has 28 heavy (non-hydrogen) atoms. The normalized spacial score (nSPS) is 13.3. The second-order valence-electron chi connectivity index (χ2n) is 7.38. The van der Waals surface area contributed by atoms with Gasteiger partial charge in [0.05, 0.1) is 23.2 Å². The van der Waals surface area contributed by atoms with Crippen molar-refractivity contribution in [1.29, 1.82) is 0 Å². The standard InChI is InChI=1S/C22H23N3O3/c1-13(2)25(3)21-20(15-7-9-19-14(11-15)5-4-10-28-19)23-17-8-6-16(22(26)27)12-18(17)24-21/h6-9,11-13H,4-5,10H2,1-3H3,(H,26,27). The molecule has 4 rings (SSSR count). The van der Waals surface area contributed by atoms with E-state index in [0.717, 1.165) is 42.3 Å². The molecule has 2 heterocycles. The monoisotopic (exact) mass is 377 g/mol. The first-order valence-electron chi connectivity index (χ1n) is 9.48. The van der Waals surface area contributed by atoms with Crippen molar-refractivity contribution in [3.05, 3.63) is 47.5 Å². The van der Waals surface area contributed by atoms with Gasteiger partial charge < -0.3 is 14.7 Å². The van der Waals surface area contributed by atoms with E-state index in [-0.39, 0.29) is 11.6 Å². The highest BCUT2D eigenvalue weighted by Gasteiger charge is 2.19. The van der Waals surface area contributed by atoms with Gasteiger partial charge in [-0.2, -0.15) is 0 Å². The smallest absolute Gasteiger partial charge is 0.335 e. The fourth-order valence-electron chi connectivity index (χ4n) is 3.37. The van der Waals surface area contributed by atoms with Crippen LogP contribution in [0.3, 0.4) is 0 Å². The lowest BCUT2D eigenvalue weighted by Crippen LogP contribution is -2.27. The molecule has 2 aromatic carbocycles. The van der Waals surface area contributed by atoms with E-state index in [1.54, 1.807) is 18.2 Å². The van der Waals surface area contributed by atoms with E-state index in [9.17, 15) is 9.90 Å². The summed E-state index contributed by atoms with van der Waals surface area (Å²) in [5.41, 5.74) is 4.43. The number of carboxylic acids is 1. The van der Waals surface area contributed by atoms with Gasteiger partial charge in [0.1, 0.15) is 11.4 Å². The van der Waals surface area contributed by atoms with E-state index < -0.39 is 5.97 Å². The number of carbonyl (C=O) groups is 1. The van der Waals surface area contributed by atoms with Crippen molar-refractivity contribution in [3.63, 3.8) is 0 Å². The van der Waals surface area contributed by atoms with Crippen molar-refractivity contribution in [2.75, 3.05) is 18.6 Å². The highest BCUT2D eigenvalue weighted by atomic mass is 16.5. The summed E-state index contributed by atoms with van der Waals surface area (Å²) in [7, 11) is 1.98. The molecular weight excluding hydrogens is 354 g/mol. The number of benzene rings is 2. The summed E-state index contributed by atoms with van der Waals surface area (Å²) in [5, 5.41) is 9.29. The van der Waals surface area contributed by atoms with Gasteiger partial charge in [0, 0.05) is 18.7 Å². The molecule has 0 fully saturated rings. The van der Waals surface area contributed by atoms with E-state index >= 15 is 0 Å². The van der Waals surface area contributed by atoms with Crippen LogP contribution in [-0.4, -0.2) is 40.7 Å². The third-order valence-electron chi connectivity index (χ3n) is 5.18. The quantitative estimate of drug-likeness (QED) is 0.736. The van der Waals surface area contributed by atoms with Crippen LogP contribution < -0.4 is 9.64 Å². The molecule has 0 amide bonds. The molecule has 144 valence electrons. The predicted molar refractivity (Wildman–Crippen MR) is 109 cm³/mol. The van der Waals surface area contributed by atoms with Gasteiger partial charge in [0.2, 0.25) is 0 Å². The van der Waals surface area contributed by atoms with E-state index in [1.807, 2.05) is 19.2 Å². The molecule has 0 saturated heterocycles. The third kappa shape index (κ3) is 3.26. The molecule has 6 nitrogen and oxygen atoms in total. The molecule has 1 N–H and O–H groups in total. The summed E-state index contributed by atoms with van der Waals surface area (Å²) in [4.78, 5) is 23.0. The van der Waals surface area contributed by atoms with Crippen molar-refractivity contribution in [2.24, 2.45) is 0 Å². The van der Waals surface area contributed by atoms with E-state index in [1.165, 1.54) is 5.56 Å². The Labute approximate surface area is 163 Å². The Bertz CT molecular complexity index is 1060. The first-order chi connectivity index (χ1) is 13.4. The second kappa shape index (κ2) is 7.11. The van der Waals surface area contributed by atoms with Gasteiger partial charge in [-0.05, 0) is 68.7 Å². The van der Waals surface area contributed by atoms with Gasteiger partial charge in [0.25, 0.3) is 0 Å². The number of fused-ring (bicyclic) bond motifs is 2. The summed E-state index contributed by atoms with van der Waals surface area (Å²) in [6, 6.07) is 11.2. The van der Waals surface area contributed by atoms with Crippen molar-refractivity contribution >= 4 is 22.8 Å². The van der Waals surface area contributed by atoms with Crippen LogP contribution in [0.15, 0.2) is 36.4 Å². The molecule has 3 aromatic rings. The molecule has 0 atom stereocenters. The van der Waals surface area contributed by atoms with Crippen LogP contribution in [0.4, 0.5) is 5.82 Å². The van der Waals surface area contributed by atoms with Gasteiger partial charge in [-0.3, -0.25) is 0 Å². The molecule has 0 radical (unpaired) electrons. The Hall–Kier alpha value is -3.15. The van der Waals surface area contributed by atoms with Crippen molar-refractivity contribution in [2.45, 2.75) is 32.7 Å². The Morgan fingerprint density at radius 2 is 1.96 bits per heavy atom. The first-order valence-corrected chi connectivity index (χ1v) is 9.48. The number of anilines is 1. The van der Waals surface area contributed by atoms with Crippen molar-refractivity contribution < 1.29 is 14.6 Å². The molecule has 1 aliphatic heterocycles. The largest absolute Gasteiger partial charge is 0.493 e. The SMILES string of the molecule is CC(C)N(C)c1nc2cc(C(=O)O)ccc2nc1-c1ccc2c(c1)CCCO2. The van der Waals surface area contributed by atoms with Gasteiger partial charge in [-0.1, -0.05) is 0 Å². The van der Waals surface area contributed by atoms with Gasteiger partial charge >= 0.3 is 5.97 Å². The van der Waals surface area contributed by atoms with E-state index in [0.29, 0.717) is 11.0 Å². The Kier molecular flexibility index (Phi) is 4.63. The van der Waals surface area contributed by atoms with Gasteiger partial charge in [-0.25, -0.2) is 14.8 Å². The average Bonchev–Trinajstić information content (AvgIpc) is 2.71. The second-order valence-corrected chi connectivity index (χ2v) is 7.38. The van der Waals surface area contributed by atoms with Crippen molar-refractivity contribution in [3.8, 4) is 17.0 Å². The zero-order valence-electron chi connectivity index (χ0n) is 16.3. The maximum atomic E-state index is 11.3. The number of hydrogen-bond acceptors (Lipinski definition) is 5. The fraction of sp³-hybridized carbons (Fsp3) is 0.318. The molecule has 0 unspecified atom stereocenters. The van der Waals surface area contributed by atoms with Crippen LogP contribution >= 0.6 is 0 Å². The molecule has 0 bridgehead atoms. The van der Waals surface area contributed by atoms with Crippen LogP contribution in [0, 0.1) is 0 Å². The zero-order chi connectivity index (χ0) is 19.8. The lowest BCUT2D eigenvalue weighted by Gasteiger charge is -2.25. The number of nitrogens with zero attached hydrogens (tertiary/aromatic N) is 3. The molecule has 1 aromatic heterocycles. The summed E-state index contributed by atoms with van der Waals surface area (Å²) >= 11 is 0. The Balaban J connectivity index is 1.91. The zero-order valence-corrected chi connectivity index (χ0v) is 16.3. The molecule has 0 aliphatic carbocycles. The number of aromatic nitrogens is 2. The van der Waals surface area contributed by atoms with Crippen LogP contribution in [0.25, 0.3) is 22.3 Å². The minimum absolute atomic E-state index is 0.207. The number of hydrogen-bond donors (Lipinski definition) is 1. The number of ether oxygens (including phenoxy) is 1. The van der Waals surface area contributed by atoms with E-state index in [2.05, 4.69) is 24.8 Å². The number of carboxylic acid groups (broad SMARTS) is 1. The summed E-state index contributed by atoms with van der Waals surface area (Å²) < 4.78 is 5.73. The number of aryl methyl sites for hydroxylation is 1. The maximum Gasteiger partial charge on any atom is 0.335 e. The maximum absolute atomic E-state index is 11.3. The van der Waals surface area contributed by atoms with Crippen LogP contribution in [0.2, 0.25) is 0 Å². The number of aromatic carboxylic acids is 1. The Morgan fingerprint density at radius 1 is 1.14 bits per heavy atom. The Morgan fingerprint density at radius 3 is 2.71 bits per heavy atom. The lowest BCUT2D eigenvalue weighted by molar-refractivity contribution is 0.0697. The highest BCUT2D eigenvalue weighted by molar-refractivity contribution is 5.93. The lowest BCUT2D eigenvalue weighted by atomic mass is 10.0. The molecule has 0 saturated carbocycles. The van der Waals surface area contributed by atoms with E-state index in [4.69, 9.17) is 14.7 Å². The average molecular weight is 377 g/mol. The molecule has 1 aliphatic rings. The van der Waals surface area contributed by atoms with Crippen LogP contribution in [0.5, 0.6) is 5.75 Å². The van der Waals surface area contributed by atoms with Crippen LogP contribution in [-0.2, 0) is 6.42 Å².